The van der Waals surface area contributed by atoms with Crippen molar-refractivity contribution in [3.8, 4) is 17.2 Å². The quantitative estimate of drug-likeness (QED) is 0.494. The maximum Gasteiger partial charge on any atom is 0.277 e. The number of carbonyl (C=O) groups is 1. The average Bonchev–Trinajstić information content (AvgIpc) is 2.63. The van der Waals surface area contributed by atoms with Crippen molar-refractivity contribution in [3.05, 3.63) is 52.5 Å². The van der Waals surface area contributed by atoms with Gasteiger partial charge in [-0.25, -0.2) is 5.43 Å². The van der Waals surface area contributed by atoms with Crippen molar-refractivity contribution < 1.29 is 19.0 Å². The largest absolute Gasteiger partial charge is 0.490 e. The van der Waals surface area contributed by atoms with E-state index in [9.17, 15) is 4.79 Å². The molecular formula is C19H21BrN2O4. The van der Waals surface area contributed by atoms with E-state index in [1.54, 1.807) is 6.07 Å². The molecule has 1 N–H and O–H groups in total. The molecule has 0 atom stereocenters. The summed E-state index contributed by atoms with van der Waals surface area (Å²) in [5.41, 5.74) is 3.21. The lowest BCUT2D eigenvalue weighted by Crippen LogP contribution is -2.24. The maximum atomic E-state index is 11.8. The maximum absolute atomic E-state index is 11.8. The predicted molar refractivity (Wildman–Crippen MR) is 104 cm³/mol. The molecule has 1 amide bonds. The Balaban J connectivity index is 1.90. The molecule has 0 radical (unpaired) electrons. The number of hydrazone groups is 1. The van der Waals surface area contributed by atoms with Gasteiger partial charge < -0.3 is 14.2 Å². The van der Waals surface area contributed by atoms with E-state index < -0.39 is 0 Å². The zero-order valence-corrected chi connectivity index (χ0v) is 16.3. The van der Waals surface area contributed by atoms with Crippen molar-refractivity contribution in [3.63, 3.8) is 0 Å². The summed E-state index contributed by atoms with van der Waals surface area (Å²) in [6.07, 6.45) is 1.54. The first kappa shape index (κ1) is 19.8. The van der Waals surface area contributed by atoms with Crippen LogP contribution in [0.25, 0.3) is 0 Å². The molecule has 0 aliphatic carbocycles. The number of nitrogens with one attached hydrogen (secondary N) is 1. The zero-order valence-electron chi connectivity index (χ0n) is 14.7. The number of amides is 1. The second-order valence-corrected chi connectivity index (χ2v) is 5.94. The molecule has 7 heteroatoms. The van der Waals surface area contributed by atoms with E-state index >= 15 is 0 Å². The van der Waals surface area contributed by atoms with Crippen LogP contribution in [0.3, 0.4) is 0 Å². The van der Waals surface area contributed by atoms with E-state index in [1.165, 1.54) is 6.21 Å². The van der Waals surface area contributed by atoms with Crippen molar-refractivity contribution in [1.82, 2.24) is 5.43 Å². The summed E-state index contributed by atoms with van der Waals surface area (Å²) in [4.78, 5) is 11.8. The van der Waals surface area contributed by atoms with Gasteiger partial charge in [-0.15, -0.1) is 0 Å². The predicted octanol–water partition coefficient (Wildman–Crippen LogP) is 3.78. The van der Waals surface area contributed by atoms with Crippen molar-refractivity contribution >= 4 is 28.1 Å². The molecule has 0 unspecified atom stereocenters. The van der Waals surface area contributed by atoms with E-state index in [0.29, 0.717) is 30.5 Å². The van der Waals surface area contributed by atoms with E-state index in [4.69, 9.17) is 14.2 Å². The summed E-state index contributed by atoms with van der Waals surface area (Å²) >= 11 is 3.36. The molecule has 6 nitrogen and oxygen atoms in total. The Morgan fingerprint density at radius 2 is 1.77 bits per heavy atom. The van der Waals surface area contributed by atoms with Crippen molar-refractivity contribution in [1.29, 1.82) is 0 Å². The van der Waals surface area contributed by atoms with E-state index in [1.807, 2.05) is 50.2 Å². The standard InChI is InChI=1S/C19H21BrN2O4/c1-3-24-17-10-9-14(11-18(17)25-4-2)12-21-22-19(23)13-26-16-8-6-5-7-15(16)20/h5-12H,3-4,13H2,1-2H3,(H,22,23)/b21-12+. The van der Waals surface area contributed by atoms with E-state index in [0.717, 1.165) is 10.0 Å². The second-order valence-electron chi connectivity index (χ2n) is 5.08. The van der Waals surface area contributed by atoms with Gasteiger partial charge in [-0.3, -0.25) is 4.79 Å². The first-order valence-corrected chi connectivity index (χ1v) is 9.02. The SMILES string of the molecule is CCOc1ccc(/C=N/NC(=O)COc2ccccc2Br)cc1OCC. The monoisotopic (exact) mass is 420 g/mol. The fourth-order valence-electron chi connectivity index (χ4n) is 2.06. The highest BCUT2D eigenvalue weighted by Crippen LogP contribution is 2.28. The molecule has 0 saturated carbocycles. The van der Waals surface area contributed by atoms with Crippen LogP contribution >= 0.6 is 15.9 Å². The number of rotatable bonds is 9. The molecule has 2 aromatic carbocycles. The van der Waals surface area contributed by atoms with Gasteiger partial charge in [0.15, 0.2) is 18.1 Å². The number of hydrogen-bond donors (Lipinski definition) is 1. The number of ether oxygens (including phenoxy) is 3. The third-order valence-electron chi connectivity index (χ3n) is 3.17. The Labute approximate surface area is 161 Å². The molecule has 138 valence electrons. The molecule has 0 saturated heterocycles. The minimum atomic E-state index is -0.354. The normalized spacial score (nSPS) is 10.6. The smallest absolute Gasteiger partial charge is 0.277 e. The summed E-state index contributed by atoms with van der Waals surface area (Å²) in [5, 5.41) is 3.94. The Morgan fingerprint density at radius 3 is 2.50 bits per heavy atom. The zero-order chi connectivity index (χ0) is 18.8. The highest BCUT2D eigenvalue weighted by Gasteiger charge is 2.06. The Bertz CT molecular complexity index is 765. The Morgan fingerprint density at radius 1 is 1.04 bits per heavy atom. The second kappa shape index (κ2) is 10.5. The van der Waals surface area contributed by atoms with Gasteiger partial charge in [0.1, 0.15) is 5.75 Å². The number of halogens is 1. The average molecular weight is 421 g/mol. The number of benzene rings is 2. The fraction of sp³-hybridized carbons (Fsp3) is 0.263. The summed E-state index contributed by atoms with van der Waals surface area (Å²) in [7, 11) is 0. The van der Waals surface area contributed by atoms with Crippen molar-refractivity contribution in [2.75, 3.05) is 19.8 Å². The van der Waals surface area contributed by atoms with Gasteiger partial charge in [0.05, 0.1) is 23.9 Å². The molecule has 26 heavy (non-hydrogen) atoms. The van der Waals surface area contributed by atoms with Gasteiger partial charge in [0.25, 0.3) is 5.91 Å². The van der Waals surface area contributed by atoms with E-state index in [2.05, 4.69) is 26.5 Å². The summed E-state index contributed by atoms with van der Waals surface area (Å²) < 4.78 is 17.3. The minimum absolute atomic E-state index is 0.132. The number of carbonyl (C=O) groups excluding carboxylic acids is 1. The molecule has 0 heterocycles. The van der Waals surface area contributed by atoms with Crippen LogP contribution in [0.1, 0.15) is 19.4 Å². The van der Waals surface area contributed by atoms with Gasteiger partial charge in [0, 0.05) is 0 Å². The summed E-state index contributed by atoms with van der Waals surface area (Å²) in [5.74, 6) is 1.56. The fourth-order valence-corrected chi connectivity index (χ4v) is 2.46. The van der Waals surface area contributed by atoms with Crippen LogP contribution in [0.2, 0.25) is 0 Å². The van der Waals surface area contributed by atoms with Crippen molar-refractivity contribution in [2.45, 2.75) is 13.8 Å². The summed E-state index contributed by atoms with van der Waals surface area (Å²) in [6.45, 7) is 4.77. The Hall–Kier alpha value is -2.54. The first-order chi connectivity index (χ1) is 12.6. The number of nitrogens with zero attached hydrogens (tertiary/aromatic N) is 1. The van der Waals surface area contributed by atoms with Crippen LogP contribution in [0.15, 0.2) is 52.0 Å². The van der Waals surface area contributed by atoms with Crippen LogP contribution in [-0.4, -0.2) is 31.9 Å². The summed E-state index contributed by atoms with van der Waals surface area (Å²) in [6, 6.07) is 12.8. The lowest BCUT2D eigenvalue weighted by molar-refractivity contribution is -0.123. The van der Waals surface area contributed by atoms with Crippen LogP contribution in [-0.2, 0) is 4.79 Å². The Kier molecular flexibility index (Phi) is 7.95. The molecule has 2 aromatic rings. The minimum Gasteiger partial charge on any atom is -0.490 e. The van der Waals surface area contributed by atoms with Gasteiger partial charge in [-0.05, 0) is 65.7 Å². The van der Waals surface area contributed by atoms with Crippen LogP contribution in [0.4, 0.5) is 0 Å². The molecule has 0 aliphatic rings. The van der Waals surface area contributed by atoms with Gasteiger partial charge in [-0.1, -0.05) is 12.1 Å². The third-order valence-corrected chi connectivity index (χ3v) is 3.82. The topological polar surface area (TPSA) is 69.2 Å². The highest BCUT2D eigenvalue weighted by molar-refractivity contribution is 9.10. The lowest BCUT2D eigenvalue weighted by Gasteiger charge is -2.11. The third kappa shape index (κ3) is 6.07. The van der Waals surface area contributed by atoms with Crippen LogP contribution < -0.4 is 19.6 Å². The molecule has 0 spiro atoms. The molecule has 0 bridgehead atoms. The van der Waals surface area contributed by atoms with Crippen molar-refractivity contribution in [2.24, 2.45) is 5.10 Å². The molecule has 0 aromatic heterocycles. The van der Waals surface area contributed by atoms with Gasteiger partial charge >= 0.3 is 0 Å². The van der Waals surface area contributed by atoms with Crippen LogP contribution in [0.5, 0.6) is 17.2 Å². The van der Waals surface area contributed by atoms with Gasteiger partial charge in [0.2, 0.25) is 0 Å². The first-order valence-electron chi connectivity index (χ1n) is 8.23. The molecule has 0 fully saturated rings. The highest BCUT2D eigenvalue weighted by atomic mass is 79.9. The van der Waals surface area contributed by atoms with Gasteiger partial charge in [-0.2, -0.15) is 5.10 Å². The number of para-hydroxylation sites is 1. The lowest BCUT2D eigenvalue weighted by atomic mass is 10.2. The molecule has 2 rings (SSSR count). The van der Waals surface area contributed by atoms with Crippen LogP contribution in [0, 0.1) is 0 Å². The van der Waals surface area contributed by atoms with E-state index in [-0.39, 0.29) is 12.5 Å². The molecular weight excluding hydrogens is 400 g/mol. The number of hydrogen-bond acceptors (Lipinski definition) is 5. The molecule has 0 aliphatic heterocycles.